The van der Waals surface area contributed by atoms with E-state index in [2.05, 4.69) is 75.3 Å². The zero-order chi connectivity index (χ0) is 15.4. The molecule has 4 heteroatoms. The Labute approximate surface area is 148 Å². The topological polar surface area (TPSA) is 12.0 Å². The summed E-state index contributed by atoms with van der Waals surface area (Å²) in [5.41, 5.74) is 3.69. The van der Waals surface area contributed by atoms with Gasteiger partial charge in [-0.1, -0.05) is 74.1 Å². The molecule has 0 radical (unpaired) electrons. The van der Waals surface area contributed by atoms with Crippen LogP contribution in [0.15, 0.2) is 45.3 Å². The van der Waals surface area contributed by atoms with Crippen molar-refractivity contribution in [3.8, 4) is 0 Å². The van der Waals surface area contributed by atoms with Gasteiger partial charge in [0.2, 0.25) is 0 Å². The molecule has 2 aromatic carbocycles. The van der Waals surface area contributed by atoms with Crippen LogP contribution in [0.4, 0.5) is 0 Å². The molecule has 0 fully saturated rings. The van der Waals surface area contributed by atoms with Crippen LogP contribution in [-0.2, 0) is 6.42 Å². The van der Waals surface area contributed by atoms with Crippen LogP contribution in [0.3, 0.4) is 0 Å². The van der Waals surface area contributed by atoms with Gasteiger partial charge >= 0.3 is 0 Å². The third-order valence-electron chi connectivity index (χ3n) is 3.42. The van der Waals surface area contributed by atoms with Gasteiger partial charge < -0.3 is 5.32 Å². The van der Waals surface area contributed by atoms with E-state index in [0.29, 0.717) is 0 Å². The third kappa shape index (κ3) is 4.56. The Morgan fingerprint density at radius 1 is 1.14 bits per heavy atom. The normalized spacial score (nSPS) is 12.4. The van der Waals surface area contributed by atoms with Crippen LogP contribution in [0.25, 0.3) is 0 Å². The summed E-state index contributed by atoms with van der Waals surface area (Å²) in [7, 11) is 0. The Morgan fingerprint density at radius 2 is 1.90 bits per heavy atom. The zero-order valence-corrected chi connectivity index (χ0v) is 16.0. The molecule has 112 valence electrons. The zero-order valence-electron chi connectivity index (χ0n) is 12.1. The Bertz CT molecular complexity index is 628. The van der Waals surface area contributed by atoms with E-state index in [1.165, 1.54) is 11.1 Å². The van der Waals surface area contributed by atoms with Gasteiger partial charge in [0.15, 0.2) is 0 Å². The van der Waals surface area contributed by atoms with E-state index in [0.717, 1.165) is 32.5 Å². The fraction of sp³-hybridized carbons (Fsp3) is 0.294. The minimum atomic E-state index is 0.239. The van der Waals surface area contributed by atoms with Crippen molar-refractivity contribution in [2.45, 2.75) is 26.3 Å². The summed E-state index contributed by atoms with van der Waals surface area (Å²) < 4.78 is 2.14. The van der Waals surface area contributed by atoms with Gasteiger partial charge in [0.25, 0.3) is 0 Å². The van der Waals surface area contributed by atoms with Crippen LogP contribution in [0.5, 0.6) is 0 Å². The largest absolute Gasteiger partial charge is 0.310 e. The number of benzene rings is 2. The minimum absolute atomic E-state index is 0.239. The molecule has 0 aliphatic rings. The number of hydrogen-bond acceptors (Lipinski definition) is 1. The summed E-state index contributed by atoms with van der Waals surface area (Å²) in [4.78, 5) is 0. The molecule has 1 unspecified atom stereocenters. The molecule has 0 aromatic heterocycles. The molecule has 1 atom stereocenters. The average Bonchev–Trinajstić information content (AvgIpc) is 2.44. The standard InChI is InChI=1S/C17H18Br2ClN/c1-3-21-17(14-8-11(2)4-7-15(14)19)9-12-5-6-13(18)10-16(12)20/h4-8,10,17,21H,3,9H2,1-2H3. The monoisotopic (exact) mass is 429 g/mol. The van der Waals surface area contributed by atoms with Crippen LogP contribution in [0.2, 0.25) is 5.02 Å². The highest BCUT2D eigenvalue weighted by molar-refractivity contribution is 9.10. The highest BCUT2D eigenvalue weighted by Crippen LogP contribution is 2.30. The smallest absolute Gasteiger partial charge is 0.0449 e. The van der Waals surface area contributed by atoms with Crippen molar-refractivity contribution < 1.29 is 0 Å². The quantitative estimate of drug-likeness (QED) is 0.606. The van der Waals surface area contributed by atoms with Crippen LogP contribution < -0.4 is 5.32 Å². The molecule has 0 amide bonds. The summed E-state index contributed by atoms with van der Waals surface area (Å²) in [6, 6.07) is 12.8. The Morgan fingerprint density at radius 3 is 2.57 bits per heavy atom. The van der Waals surface area contributed by atoms with E-state index in [1.54, 1.807) is 0 Å². The molecular formula is C17H18Br2ClN. The summed E-state index contributed by atoms with van der Waals surface area (Å²) >= 11 is 13.5. The predicted molar refractivity (Wildman–Crippen MR) is 98.2 cm³/mol. The van der Waals surface area contributed by atoms with Gasteiger partial charge in [-0.3, -0.25) is 0 Å². The Kier molecular flexibility index (Phi) is 6.30. The van der Waals surface area contributed by atoms with E-state index in [-0.39, 0.29) is 6.04 Å². The Balaban J connectivity index is 2.32. The number of halogens is 3. The van der Waals surface area contributed by atoms with Crippen molar-refractivity contribution in [1.29, 1.82) is 0 Å². The van der Waals surface area contributed by atoms with Gasteiger partial charge in [-0.15, -0.1) is 0 Å². The van der Waals surface area contributed by atoms with Crippen LogP contribution in [0.1, 0.15) is 29.7 Å². The Hall–Kier alpha value is -0.350. The minimum Gasteiger partial charge on any atom is -0.310 e. The molecule has 0 aliphatic carbocycles. The highest BCUT2D eigenvalue weighted by Gasteiger charge is 2.16. The molecule has 1 N–H and O–H groups in total. The second-order valence-electron chi connectivity index (χ2n) is 5.08. The maximum absolute atomic E-state index is 6.36. The lowest BCUT2D eigenvalue weighted by Gasteiger charge is -2.21. The summed E-state index contributed by atoms with van der Waals surface area (Å²) in [6.07, 6.45) is 0.863. The molecule has 1 nitrogen and oxygen atoms in total. The van der Waals surface area contributed by atoms with Crippen molar-refractivity contribution >= 4 is 43.5 Å². The second kappa shape index (κ2) is 7.77. The predicted octanol–water partition coefficient (Wildman–Crippen LogP) is 6.07. The highest BCUT2D eigenvalue weighted by atomic mass is 79.9. The van der Waals surface area contributed by atoms with Crippen LogP contribution >= 0.6 is 43.5 Å². The van der Waals surface area contributed by atoms with Gasteiger partial charge in [-0.05, 0) is 49.2 Å². The first-order valence-electron chi connectivity index (χ1n) is 6.94. The van der Waals surface area contributed by atoms with E-state index in [9.17, 15) is 0 Å². The molecule has 0 saturated heterocycles. The number of hydrogen-bond donors (Lipinski definition) is 1. The molecule has 2 aromatic rings. The fourth-order valence-corrected chi connectivity index (χ4v) is 3.65. The maximum Gasteiger partial charge on any atom is 0.0449 e. The molecule has 2 rings (SSSR count). The van der Waals surface area contributed by atoms with E-state index < -0.39 is 0 Å². The molecule has 0 aliphatic heterocycles. The SMILES string of the molecule is CCNC(Cc1ccc(Br)cc1Cl)c1cc(C)ccc1Br. The lowest BCUT2D eigenvalue weighted by molar-refractivity contribution is 0.547. The molecule has 0 spiro atoms. The van der Waals surface area contributed by atoms with Crippen LogP contribution in [0, 0.1) is 6.92 Å². The number of nitrogens with one attached hydrogen (secondary N) is 1. The lowest BCUT2D eigenvalue weighted by Crippen LogP contribution is -2.23. The number of likely N-dealkylation sites (N-methyl/N-ethyl adjacent to an activating group) is 1. The first kappa shape index (κ1) is 17.0. The molecule has 21 heavy (non-hydrogen) atoms. The third-order valence-corrected chi connectivity index (χ3v) is 4.98. The van der Waals surface area contributed by atoms with Gasteiger partial charge in [-0.2, -0.15) is 0 Å². The molecule has 0 bridgehead atoms. The number of rotatable bonds is 5. The molecule has 0 heterocycles. The first-order chi connectivity index (χ1) is 10.0. The van der Waals surface area contributed by atoms with Crippen molar-refractivity contribution in [2.24, 2.45) is 0 Å². The summed E-state index contributed by atoms with van der Waals surface area (Å²) in [6.45, 7) is 5.16. The molecular weight excluding hydrogens is 413 g/mol. The second-order valence-corrected chi connectivity index (χ2v) is 7.25. The molecule has 0 saturated carbocycles. The average molecular weight is 432 g/mol. The van der Waals surface area contributed by atoms with Crippen LogP contribution in [-0.4, -0.2) is 6.54 Å². The number of aryl methyl sites for hydroxylation is 1. The van der Waals surface area contributed by atoms with Crippen molar-refractivity contribution in [3.05, 3.63) is 67.1 Å². The first-order valence-corrected chi connectivity index (χ1v) is 8.91. The van der Waals surface area contributed by atoms with Crippen molar-refractivity contribution in [3.63, 3.8) is 0 Å². The lowest BCUT2D eigenvalue weighted by atomic mass is 9.97. The van der Waals surface area contributed by atoms with Gasteiger partial charge in [-0.25, -0.2) is 0 Å². The summed E-state index contributed by atoms with van der Waals surface area (Å²) in [5, 5.41) is 4.36. The van der Waals surface area contributed by atoms with Gasteiger partial charge in [0, 0.05) is 20.0 Å². The summed E-state index contributed by atoms with van der Waals surface area (Å²) in [5.74, 6) is 0. The van der Waals surface area contributed by atoms with E-state index >= 15 is 0 Å². The van der Waals surface area contributed by atoms with E-state index in [4.69, 9.17) is 11.6 Å². The maximum atomic E-state index is 6.36. The van der Waals surface area contributed by atoms with Crippen molar-refractivity contribution in [1.82, 2.24) is 5.32 Å². The fourth-order valence-electron chi connectivity index (χ4n) is 2.38. The van der Waals surface area contributed by atoms with Crippen molar-refractivity contribution in [2.75, 3.05) is 6.54 Å². The van der Waals surface area contributed by atoms with Gasteiger partial charge in [0.05, 0.1) is 0 Å². The van der Waals surface area contributed by atoms with E-state index in [1.807, 2.05) is 12.1 Å². The van der Waals surface area contributed by atoms with Gasteiger partial charge in [0.1, 0.15) is 0 Å².